The lowest BCUT2D eigenvalue weighted by Crippen LogP contribution is -2.34. The lowest BCUT2D eigenvalue weighted by Gasteiger charge is -2.25. The fraction of sp³-hybridized carbons (Fsp3) is 0.308. The highest BCUT2D eigenvalue weighted by molar-refractivity contribution is 6.03. The fourth-order valence-electron chi connectivity index (χ4n) is 4.77. The molecule has 9 nitrogen and oxygen atoms in total. The molecule has 11 heteroatoms. The molecule has 190 valence electrons. The van der Waals surface area contributed by atoms with Crippen molar-refractivity contribution in [1.82, 2.24) is 24.9 Å². The summed E-state index contributed by atoms with van der Waals surface area (Å²) in [6.07, 6.45) is 3.58. The molecule has 1 amide bonds. The number of hydrogen-bond donors (Lipinski definition) is 1. The summed E-state index contributed by atoms with van der Waals surface area (Å²) in [6, 6.07) is 9.08. The Hall–Kier alpha value is -4.30. The maximum absolute atomic E-state index is 13.3. The molecule has 2 aromatic carbocycles. The Morgan fingerprint density at radius 3 is 2.78 bits per heavy atom. The quantitative estimate of drug-likeness (QED) is 0.405. The number of benzene rings is 2. The average Bonchev–Trinajstić information content (AvgIpc) is 3.47. The van der Waals surface area contributed by atoms with E-state index in [1.165, 1.54) is 6.07 Å². The van der Waals surface area contributed by atoms with Crippen molar-refractivity contribution in [3.05, 3.63) is 53.3 Å². The highest BCUT2D eigenvalue weighted by atomic mass is 19.3. The lowest BCUT2D eigenvalue weighted by molar-refractivity contribution is -0.0502. The first-order valence-corrected chi connectivity index (χ1v) is 11.6. The van der Waals surface area contributed by atoms with E-state index in [0.717, 1.165) is 11.1 Å². The third-order valence-electron chi connectivity index (χ3n) is 6.50. The molecular formula is C26H24F2N6O3. The summed E-state index contributed by atoms with van der Waals surface area (Å²) in [5.41, 5.74) is 4.33. The van der Waals surface area contributed by atoms with E-state index in [4.69, 9.17) is 9.47 Å². The van der Waals surface area contributed by atoms with E-state index in [2.05, 4.69) is 21.6 Å². The van der Waals surface area contributed by atoms with Crippen molar-refractivity contribution in [3.63, 3.8) is 0 Å². The highest BCUT2D eigenvalue weighted by Gasteiger charge is 2.29. The normalized spacial score (nSPS) is 15.1. The third-order valence-corrected chi connectivity index (χ3v) is 6.50. The summed E-state index contributed by atoms with van der Waals surface area (Å²) in [7, 11) is 3.35. The Bertz CT molecular complexity index is 1550. The van der Waals surface area contributed by atoms with Gasteiger partial charge in [0.1, 0.15) is 5.75 Å². The number of methoxy groups -OCH3 is 1. The van der Waals surface area contributed by atoms with Crippen LogP contribution in [0.15, 0.2) is 36.7 Å². The minimum absolute atomic E-state index is 0.0996. The zero-order chi connectivity index (χ0) is 26.3. The summed E-state index contributed by atoms with van der Waals surface area (Å²) in [5.74, 6) is -0.790. The van der Waals surface area contributed by atoms with Crippen LogP contribution in [0.1, 0.15) is 34.3 Å². The van der Waals surface area contributed by atoms with Crippen molar-refractivity contribution in [2.24, 2.45) is 7.05 Å². The molecule has 0 saturated carbocycles. The van der Waals surface area contributed by atoms with E-state index in [1.807, 2.05) is 19.2 Å². The zero-order valence-corrected chi connectivity index (χ0v) is 20.5. The van der Waals surface area contributed by atoms with Gasteiger partial charge in [0, 0.05) is 43.4 Å². The van der Waals surface area contributed by atoms with E-state index >= 15 is 0 Å². The number of hydrogen-bond acceptors (Lipinski definition) is 6. The van der Waals surface area contributed by atoms with Gasteiger partial charge in [-0.05, 0) is 41.3 Å². The molecule has 1 N–H and O–H groups in total. The number of halogens is 2. The molecule has 1 atom stereocenters. The van der Waals surface area contributed by atoms with Crippen LogP contribution < -0.4 is 10.1 Å². The van der Waals surface area contributed by atoms with E-state index in [1.54, 1.807) is 41.9 Å². The van der Waals surface area contributed by atoms with Gasteiger partial charge in [0.15, 0.2) is 0 Å². The Balaban J connectivity index is 1.68. The molecule has 1 aliphatic heterocycles. The molecule has 0 spiro atoms. The van der Waals surface area contributed by atoms with Crippen LogP contribution >= 0.6 is 0 Å². The highest BCUT2D eigenvalue weighted by Crippen LogP contribution is 2.40. The van der Waals surface area contributed by atoms with E-state index < -0.39 is 12.5 Å². The Kier molecular flexibility index (Phi) is 6.35. The SMILES string of the molecule is COCCn1cc(-c2cc(C#N)c3c(-c4cc(OC(F)F)c5c(c4)[C@@H](C)CNC5=O)n(C)nc3c2)cn1. The molecular weight excluding hydrogens is 482 g/mol. The molecule has 0 unspecified atom stereocenters. The van der Waals surface area contributed by atoms with Crippen LogP contribution in [0.5, 0.6) is 5.75 Å². The first-order chi connectivity index (χ1) is 17.8. The number of carbonyl (C=O) groups is 1. The van der Waals surface area contributed by atoms with Crippen molar-refractivity contribution in [2.45, 2.75) is 26.0 Å². The number of carbonyl (C=O) groups excluding carboxylic acids is 1. The predicted molar refractivity (Wildman–Crippen MR) is 131 cm³/mol. The summed E-state index contributed by atoms with van der Waals surface area (Å²) in [6.45, 7) is 0.283. The van der Waals surface area contributed by atoms with Crippen LogP contribution in [0.3, 0.4) is 0 Å². The van der Waals surface area contributed by atoms with E-state index in [0.29, 0.717) is 53.0 Å². The number of ether oxygens (including phenoxy) is 2. The van der Waals surface area contributed by atoms with Gasteiger partial charge in [0.25, 0.3) is 5.91 Å². The van der Waals surface area contributed by atoms with Gasteiger partial charge in [0.2, 0.25) is 0 Å². The minimum Gasteiger partial charge on any atom is -0.434 e. The minimum atomic E-state index is -3.10. The standard InChI is InChI=1S/C26H24F2N6O3/c1-14-11-30-25(35)23-19(14)7-16(9-21(23)37-26(27)28)24-22-17(10-29)6-15(8-20(22)32-33(24)2)18-12-31-34(13-18)4-5-36-3/h6-9,12-14,26H,4-5,11H2,1-3H3,(H,30,35)/t14-/m0/s1. The topological polar surface area (TPSA) is 107 Å². The molecule has 2 aromatic heterocycles. The van der Waals surface area contributed by atoms with Gasteiger partial charge in [-0.2, -0.15) is 24.2 Å². The fourth-order valence-corrected chi connectivity index (χ4v) is 4.77. The van der Waals surface area contributed by atoms with Crippen LogP contribution in [-0.4, -0.2) is 52.3 Å². The van der Waals surface area contributed by atoms with Crippen molar-refractivity contribution < 1.29 is 23.0 Å². The summed E-state index contributed by atoms with van der Waals surface area (Å²) < 4.78 is 39.8. The number of aryl methyl sites for hydroxylation is 1. The number of alkyl halides is 2. The van der Waals surface area contributed by atoms with Crippen LogP contribution in [0, 0.1) is 11.3 Å². The van der Waals surface area contributed by atoms with Crippen LogP contribution in [-0.2, 0) is 18.3 Å². The van der Waals surface area contributed by atoms with E-state index in [9.17, 15) is 18.8 Å². The van der Waals surface area contributed by atoms with Gasteiger partial charge in [0.05, 0.1) is 47.8 Å². The number of nitrogens with one attached hydrogen (secondary N) is 1. The second kappa shape index (κ2) is 9.63. The first-order valence-electron chi connectivity index (χ1n) is 11.6. The Morgan fingerprint density at radius 1 is 1.24 bits per heavy atom. The number of aromatic nitrogens is 4. The second-order valence-electron chi connectivity index (χ2n) is 8.92. The summed E-state index contributed by atoms with van der Waals surface area (Å²) in [5, 5.41) is 22.3. The van der Waals surface area contributed by atoms with Gasteiger partial charge in [-0.15, -0.1) is 0 Å². The zero-order valence-electron chi connectivity index (χ0n) is 20.5. The third kappa shape index (κ3) is 4.40. The van der Waals surface area contributed by atoms with Crippen LogP contribution in [0.25, 0.3) is 33.3 Å². The number of amides is 1. The molecule has 0 aliphatic carbocycles. The largest absolute Gasteiger partial charge is 0.434 e. The monoisotopic (exact) mass is 506 g/mol. The number of fused-ring (bicyclic) bond motifs is 2. The van der Waals surface area contributed by atoms with Gasteiger partial charge in [-0.25, -0.2) is 0 Å². The first kappa shape index (κ1) is 24.4. The second-order valence-corrected chi connectivity index (χ2v) is 8.92. The van der Waals surface area contributed by atoms with Crippen LogP contribution in [0.2, 0.25) is 0 Å². The number of nitrogens with zero attached hydrogens (tertiary/aromatic N) is 5. The predicted octanol–water partition coefficient (Wildman–Crippen LogP) is 4.07. The molecule has 0 radical (unpaired) electrons. The molecule has 37 heavy (non-hydrogen) atoms. The molecule has 1 aliphatic rings. The van der Waals surface area contributed by atoms with Crippen molar-refractivity contribution in [2.75, 3.05) is 20.3 Å². The van der Waals surface area contributed by atoms with Crippen molar-refractivity contribution >= 4 is 16.8 Å². The number of rotatable bonds is 7. The smallest absolute Gasteiger partial charge is 0.387 e. The molecule has 3 heterocycles. The van der Waals surface area contributed by atoms with Gasteiger partial charge < -0.3 is 14.8 Å². The molecule has 0 saturated heterocycles. The number of nitriles is 1. The average molecular weight is 507 g/mol. The Labute approximate surface area is 211 Å². The summed E-state index contributed by atoms with van der Waals surface area (Å²) >= 11 is 0. The van der Waals surface area contributed by atoms with Crippen molar-refractivity contribution in [1.29, 1.82) is 5.26 Å². The van der Waals surface area contributed by atoms with Crippen LogP contribution in [0.4, 0.5) is 8.78 Å². The van der Waals surface area contributed by atoms with Gasteiger partial charge in [-0.3, -0.25) is 14.2 Å². The maximum Gasteiger partial charge on any atom is 0.387 e. The Morgan fingerprint density at radius 2 is 2.05 bits per heavy atom. The summed E-state index contributed by atoms with van der Waals surface area (Å²) in [4.78, 5) is 12.5. The molecule has 0 bridgehead atoms. The molecule has 4 aromatic rings. The van der Waals surface area contributed by atoms with Gasteiger partial charge in [-0.1, -0.05) is 6.92 Å². The maximum atomic E-state index is 13.3. The van der Waals surface area contributed by atoms with Gasteiger partial charge >= 0.3 is 6.61 Å². The molecule has 0 fully saturated rings. The molecule has 5 rings (SSSR count). The van der Waals surface area contributed by atoms with Crippen molar-refractivity contribution in [3.8, 4) is 34.2 Å². The van der Waals surface area contributed by atoms with E-state index in [-0.39, 0.29) is 17.2 Å². The lowest BCUT2D eigenvalue weighted by atomic mass is 9.88.